The van der Waals surface area contributed by atoms with Gasteiger partial charge in [0.05, 0.1) is 11.4 Å². The number of aliphatic imine (C=N–C) groups is 1. The van der Waals surface area contributed by atoms with Gasteiger partial charge in [-0.2, -0.15) is 0 Å². The Hall–Kier alpha value is -2.11. The molecule has 1 saturated heterocycles. The summed E-state index contributed by atoms with van der Waals surface area (Å²) in [5.74, 6) is 1.65. The first-order chi connectivity index (χ1) is 12.8. The molecule has 0 unspecified atom stereocenters. The van der Waals surface area contributed by atoms with Crippen LogP contribution >= 0.6 is 11.6 Å². The lowest BCUT2D eigenvalue weighted by Crippen LogP contribution is -2.31. The average molecular weight is 370 g/mol. The van der Waals surface area contributed by atoms with Gasteiger partial charge >= 0.3 is 0 Å². The summed E-state index contributed by atoms with van der Waals surface area (Å²) in [7, 11) is 0. The van der Waals surface area contributed by atoms with Gasteiger partial charge in [0.15, 0.2) is 5.82 Å². The van der Waals surface area contributed by atoms with Gasteiger partial charge in [0, 0.05) is 23.3 Å². The Balaban J connectivity index is 1.52. The molecule has 0 aliphatic carbocycles. The normalized spacial score (nSPS) is 18.4. The minimum atomic E-state index is 0.701. The lowest BCUT2D eigenvalue weighted by atomic mass is 10.1. The monoisotopic (exact) mass is 369 g/mol. The molecule has 5 nitrogen and oxygen atoms in total. The highest BCUT2D eigenvalue weighted by atomic mass is 35.5. The molecule has 4 rings (SSSR count). The molecule has 2 aliphatic rings. The Morgan fingerprint density at radius 1 is 1.08 bits per heavy atom. The predicted octanol–water partition coefficient (Wildman–Crippen LogP) is 4.53. The Morgan fingerprint density at radius 3 is 2.85 bits per heavy atom. The molecular formula is C20H24ClN5. The molecule has 0 bridgehead atoms. The summed E-state index contributed by atoms with van der Waals surface area (Å²) in [6, 6.07) is 9.74. The zero-order chi connectivity index (χ0) is 17.8. The lowest BCUT2D eigenvalue weighted by molar-refractivity contribution is 0.228. The van der Waals surface area contributed by atoms with Crippen molar-refractivity contribution in [2.24, 2.45) is 4.99 Å². The van der Waals surface area contributed by atoms with E-state index in [9.17, 15) is 0 Å². The second-order valence-electron chi connectivity index (χ2n) is 6.83. The van der Waals surface area contributed by atoms with Gasteiger partial charge in [-0.25, -0.2) is 4.98 Å². The number of hydrogen-bond donors (Lipinski definition) is 2. The molecule has 2 N–H and O–H groups in total. The van der Waals surface area contributed by atoms with Gasteiger partial charge in [-0.05, 0) is 69.2 Å². The molecule has 26 heavy (non-hydrogen) atoms. The summed E-state index contributed by atoms with van der Waals surface area (Å²) in [4.78, 5) is 11.8. The predicted molar refractivity (Wildman–Crippen MR) is 109 cm³/mol. The van der Waals surface area contributed by atoms with Crippen molar-refractivity contribution in [3.63, 3.8) is 0 Å². The number of fused-ring (bicyclic) bond motifs is 2. The summed E-state index contributed by atoms with van der Waals surface area (Å²) in [5.41, 5.74) is 2.87. The molecule has 2 aromatic rings. The van der Waals surface area contributed by atoms with Crippen LogP contribution in [0.5, 0.6) is 0 Å². The quantitative estimate of drug-likeness (QED) is 0.777. The molecule has 6 heteroatoms. The molecule has 2 aliphatic heterocycles. The van der Waals surface area contributed by atoms with Crippen LogP contribution in [-0.4, -0.2) is 41.9 Å². The van der Waals surface area contributed by atoms with Gasteiger partial charge in [-0.1, -0.05) is 18.0 Å². The van der Waals surface area contributed by atoms with E-state index in [1.807, 2.05) is 30.3 Å². The number of rotatable bonds is 4. The highest BCUT2D eigenvalue weighted by Gasteiger charge is 2.18. The fourth-order valence-electron chi connectivity index (χ4n) is 3.54. The molecule has 0 saturated carbocycles. The van der Waals surface area contributed by atoms with E-state index < -0.39 is 0 Å². The second-order valence-corrected chi connectivity index (χ2v) is 7.26. The molecule has 0 atom stereocenters. The van der Waals surface area contributed by atoms with E-state index in [1.54, 1.807) is 6.20 Å². The van der Waals surface area contributed by atoms with Crippen LogP contribution in [0, 0.1) is 0 Å². The third-order valence-electron chi connectivity index (χ3n) is 4.90. The van der Waals surface area contributed by atoms with Crippen molar-refractivity contribution >= 4 is 34.6 Å². The van der Waals surface area contributed by atoms with Gasteiger partial charge < -0.3 is 15.5 Å². The Bertz CT molecular complexity index is 799. The number of halogens is 1. The summed E-state index contributed by atoms with van der Waals surface area (Å²) in [6.07, 6.45) is 6.88. The number of nitrogens with zero attached hydrogens (tertiary/aromatic N) is 3. The van der Waals surface area contributed by atoms with Gasteiger partial charge in [-0.15, -0.1) is 0 Å². The molecule has 136 valence electrons. The zero-order valence-corrected chi connectivity index (χ0v) is 15.6. The van der Waals surface area contributed by atoms with E-state index in [-0.39, 0.29) is 0 Å². The van der Waals surface area contributed by atoms with Crippen LogP contribution in [0.2, 0.25) is 5.02 Å². The number of hydrogen-bond acceptors (Lipinski definition) is 4. The Kier molecular flexibility index (Phi) is 5.37. The second kappa shape index (κ2) is 8.06. The maximum atomic E-state index is 6.24. The van der Waals surface area contributed by atoms with E-state index in [0.29, 0.717) is 5.02 Å². The molecule has 3 heterocycles. The standard InChI is InChI=1S/C20H24ClN5/c21-15-7-8-17-16(14-15)19(25-18-6-4-9-23-20(18)24-17)22-10-5-13-26-11-2-1-3-12-26/h4,6-9,14H,1-3,5,10-13H2,(H,22,25)(H,23,24). The first-order valence-corrected chi connectivity index (χ1v) is 9.73. The van der Waals surface area contributed by atoms with Crippen LogP contribution in [0.1, 0.15) is 31.2 Å². The highest BCUT2D eigenvalue weighted by molar-refractivity contribution is 6.31. The third kappa shape index (κ3) is 4.00. The number of anilines is 3. The smallest absolute Gasteiger partial charge is 0.154 e. The first kappa shape index (κ1) is 17.3. The molecular weight excluding hydrogens is 346 g/mol. The van der Waals surface area contributed by atoms with Crippen molar-refractivity contribution in [2.75, 3.05) is 36.8 Å². The van der Waals surface area contributed by atoms with E-state index in [1.165, 1.54) is 32.4 Å². The summed E-state index contributed by atoms with van der Waals surface area (Å²) in [6.45, 7) is 4.38. The molecule has 0 amide bonds. The maximum absolute atomic E-state index is 6.24. The maximum Gasteiger partial charge on any atom is 0.154 e. The van der Waals surface area contributed by atoms with E-state index >= 15 is 0 Å². The minimum absolute atomic E-state index is 0.701. The molecule has 0 radical (unpaired) electrons. The van der Waals surface area contributed by atoms with E-state index in [0.717, 1.165) is 48.1 Å². The lowest BCUT2D eigenvalue weighted by Gasteiger charge is -2.25. The van der Waals surface area contributed by atoms with Crippen molar-refractivity contribution in [2.45, 2.75) is 25.7 Å². The number of piperidine rings is 1. The van der Waals surface area contributed by atoms with Crippen LogP contribution in [0.25, 0.3) is 0 Å². The van der Waals surface area contributed by atoms with Gasteiger partial charge in [0.25, 0.3) is 0 Å². The SMILES string of the molecule is Clc1ccc2c(c1)C(=NCCCN1CCCCC1)Nc1cccnc1N2. The minimum Gasteiger partial charge on any atom is -0.338 e. The third-order valence-corrected chi connectivity index (χ3v) is 5.14. The molecule has 0 spiro atoms. The molecule has 1 aromatic heterocycles. The topological polar surface area (TPSA) is 52.5 Å². The number of likely N-dealkylation sites (tertiary alicyclic amines) is 1. The van der Waals surface area contributed by atoms with Crippen molar-refractivity contribution in [1.82, 2.24) is 9.88 Å². The van der Waals surface area contributed by atoms with Gasteiger partial charge in [0.1, 0.15) is 5.84 Å². The number of benzene rings is 1. The largest absolute Gasteiger partial charge is 0.338 e. The van der Waals surface area contributed by atoms with Gasteiger partial charge in [0.2, 0.25) is 0 Å². The number of aromatic nitrogens is 1. The molecule has 1 aromatic carbocycles. The van der Waals surface area contributed by atoms with Crippen molar-refractivity contribution in [3.05, 3.63) is 47.1 Å². The van der Waals surface area contributed by atoms with Crippen molar-refractivity contribution in [1.29, 1.82) is 0 Å². The Morgan fingerprint density at radius 2 is 1.96 bits per heavy atom. The fraction of sp³-hybridized carbons (Fsp3) is 0.400. The van der Waals surface area contributed by atoms with Crippen molar-refractivity contribution < 1.29 is 0 Å². The summed E-state index contributed by atoms with van der Waals surface area (Å²) >= 11 is 6.24. The van der Waals surface area contributed by atoms with Crippen LogP contribution in [0.4, 0.5) is 17.2 Å². The first-order valence-electron chi connectivity index (χ1n) is 9.35. The van der Waals surface area contributed by atoms with Crippen LogP contribution < -0.4 is 10.6 Å². The highest BCUT2D eigenvalue weighted by Crippen LogP contribution is 2.31. The van der Waals surface area contributed by atoms with E-state index in [2.05, 4.69) is 20.5 Å². The van der Waals surface area contributed by atoms with Gasteiger partial charge in [-0.3, -0.25) is 4.99 Å². The molecule has 1 fully saturated rings. The fourth-order valence-corrected chi connectivity index (χ4v) is 3.71. The van der Waals surface area contributed by atoms with Crippen molar-refractivity contribution in [3.8, 4) is 0 Å². The Labute approximate surface area is 159 Å². The summed E-state index contributed by atoms with van der Waals surface area (Å²) < 4.78 is 0. The van der Waals surface area contributed by atoms with Crippen LogP contribution in [0.3, 0.4) is 0 Å². The zero-order valence-electron chi connectivity index (χ0n) is 14.8. The number of nitrogens with one attached hydrogen (secondary N) is 2. The van der Waals surface area contributed by atoms with E-state index in [4.69, 9.17) is 16.6 Å². The summed E-state index contributed by atoms with van der Waals surface area (Å²) in [5, 5.41) is 7.52. The van der Waals surface area contributed by atoms with Crippen LogP contribution in [0.15, 0.2) is 41.5 Å². The number of pyridine rings is 1. The average Bonchev–Trinajstić information content (AvgIpc) is 2.82. The van der Waals surface area contributed by atoms with Crippen LogP contribution in [-0.2, 0) is 0 Å². The number of amidine groups is 1.